The predicted molar refractivity (Wildman–Crippen MR) is 106 cm³/mol. The predicted octanol–water partition coefficient (Wildman–Crippen LogP) is 6.28. The maximum Gasteiger partial charge on any atom is 0.0992 e. The zero-order valence-corrected chi connectivity index (χ0v) is 16.1. The maximum absolute atomic E-state index is 9.37. The van der Waals surface area contributed by atoms with Crippen LogP contribution in [0.1, 0.15) is 16.4 Å². The lowest BCUT2D eigenvalue weighted by atomic mass is 9.95. The van der Waals surface area contributed by atoms with Crippen LogP contribution in [0.2, 0.25) is 25.7 Å². The van der Waals surface area contributed by atoms with E-state index in [1.807, 2.05) is 18.2 Å². The smallest absolute Gasteiger partial charge is 0.0992 e. The van der Waals surface area contributed by atoms with Crippen LogP contribution in [0, 0.1) is 11.3 Å². The minimum absolute atomic E-state index is 0.240. The van der Waals surface area contributed by atoms with Gasteiger partial charge in [0.25, 0.3) is 0 Å². The van der Waals surface area contributed by atoms with E-state index in [0.717, 1.165) is 27.9 Å². The molecular formula is C20H21NOSSi. The molecule has 122 valence electrons. The number of thiol groups is 1. The molecular weight excluding hydrogens is 330 g/mol. The molecule has 0 aliphatic heterocycles. The van der Waals surface area contributed by atoms with E-state index in [1.54, 1.807) is 12.5 Å². The highest BCUT2D eigenvalue weighted by atomic mass is 32.1. The van der Waals surface area contributed by atoms with Crippen molar-refractivity contribution in [2.24, 2.45) is 0 Å². The van der Waals surface area contributed by atoms with Crippen molar-refractivity contribution in [3.05, 3.63) is 60.1 Å². The molecule has 1 aromatic heterocycles. The first-order valence-electron chi connectivity index (χ1n) is 8.06. The molecule has 4 heteroatoms. The summed E-state index contributed by atoms with van der Waals surface area (Å²) in [7, 11) is -1.18. The second-order valence-corrected chi connectivity index (χ2v) is 13.6. The molecule has 24 heavy (non-hydrogen) atoms. The van der Waals surface area contributed by atoms with E-state index in [0.29, 0.717) is 5.56 Å². The Morgan fingerprint density at radius 1 is 1.17 bits per heavy atom. The van der Waals surface area contributed by atoms with E-state index in [2.05, 4.69) is 43.9 Å². The fourth-order valence-electron chi connectivity index (χ4n) is 3.01. The normalized spacial score (nSPS) is 13.0. The van der Waals surface area contributed by atoms with Crippen molar-refractivity contribution >= 4 is 31.5 Å². The largest absolute Gasteiger partial charge is 0.472 e. The number of hydrogen-bond acceptors (Lipinski definition) is 3. The van der Waals surface area contributed by atoms with Gasteiger partial charge in [-0.1, -0.05) is 31.8 Å². The number of nitriles is 1. The van der Waals surface area contributed by atoms with Crippen LogP contribution in [-0.2, 0) is 0 Å². The Labute approximate surface area is 149 Å². The van der Waals surface area contributed by atoms with Crippen LogP contribution >= 0.6 is 12.6 Å². The van der Waals surface area contributed by atoms with Gasteiger partial charge in [0.1, 0.15) is 0 Å². The number of hydrogen-bond donors (Lipinski definition) is 1. The minimum atomic E-state index is -1.18. The molecule has 1 heterocycles. The summed E-state index contributed by atoms with van der Waals surface area (Å²) in [6.45, 7) is 7.09. The van der Waals surface area contributed by atoms with Gasteiger partial charge in [-0.25, -0.2) is 0 Å². The highest BCUT2D eigenvalue weighted by molar-refractivity contribution is 7.80. The van der Waals surface area contributed by atoms with Gasteiger partial charge in [0.15, 0.2) is 0 Å². The first kappa shape index (κ1) is 16.9. The van der Waals surface area contributed by atoms with Crippen molar-refractivity contribution in [3.63, 3.8) is 0 Å². The molecule has 0 saturated heterocycles. The molecule has 1 atom stereocenters. The second-order valence-electron chi connectivity index (χ2n) is 7.41. The van der Waals surface area contributed by atoms with Gasteiger partial charge >= 0.3 is 0 Å². The SMILES string of the molecule is C[Si](C)(C)CC(S)c1ccc2c(-c3ccoc3)cc(C#N)cc2c1. The Hall–Kier alpha value is -1.96. The average molecular weight is 352 g/mol. The standard InChI is InChI=1S/C20H21NOSSi/c1-24(2,3)13-20(23)15-4-5-18-17(10-15)8-14(11-21)9-19(18)16-6-7-22-12-16/h4-10,12,20,23H,13H2,1-3H3. The highest BCUT2D eigenvalue weighted by Gasteiger charge is 2.19. The molecule has 0 amide bonds. The lowest BCUT2D eigenvalue weighted by Crippen LogP contribution is -2.21. The fourth-order valence-corrected chi connectivity index (χ4v) is 6.21. The Balaban J connectivity index is 2.12. The molecule has 3 rings (SSSR count). The monoisotopic (exact) mass is 351 g/mol. The summed E-state index contributed by atoms with van der Waals surface area (Å²) in [5, 5.41) is 11.8. The van der Waals surface area contributed by atoms with E-state index < -0.39 is 8.07 Å². The van der Waals surface area contributed by atoms with Crippen molar-refractivity contribution in [1.82, 2.24) is 0 Å². The number of benzene rings is 2. The van der Waals surface area contributed by atoms with Crippen molar-refractivity contribution < 1.29 is 4.42 Å². The van der Waals surface area contributed by atoms with Gasteiger partial charge < -0.3 is 4.42 Å². The summed E-state index contributed by atoms with van der Waals surface area (Å²) in [5.74, 6) is 0. The summed E-state index contributed by atoms with van der Waals surface area (Å²) in [6, 6.07) is 15.7. The lowest BCUT2D eigenvalue weighted by molar-refractivity contribution is 0.568. The van der Waals surface area contributed by atoms with E-state index in [9.17, 15) is 5.26 Å². The van der Waals surface area contributed by atoms with E-state index in [1.165, 1.54) is 5.56 Å². The molecule has 0 spiro atoms. The molecule has 0 fully saturated rings. The van der Waals surface area contributed by atoms with Gasteiger partial charge in [-0.05, 0) is 52.2 Å². The third-order valence-electron chi connectivity index (χ3n) is 4.13. The highest BCUT2D eigenvalue weighted by Crippen LogP contribution is 2.35. The molecule has 0 radical (unpaired) electrons. The maximum atomic E-state index is 9.37. The third-order valence-corrected chi connectivity index (χ3v) is 6.59. The van der Waals surface area contributed by atoms with Crippen molar-refractivity contribution in [2.75, 3.05) is 0 Å². The Morgan fingerprint density at radius 3 is 2.58 bits per heavy atom. The lowest BCUT2D eigenvalue weighted by Gasteiger charge is -2.21. The summed E-state index contributed by atoms with van der Waals surface area (Å²) in [5.41, 5.74) is 3.91. The van der Waals surface area contributed by atoms with E-state index in [4.69, 9.17) is 17.0 Å². The van der Waals surface area contributed by atoms with Crippen molar-refractivity contribution in [3.8, 4) is 17.2 Å². The van der Waals surface area contributed by atoms with Crippen LogP contribution in [0.3, 0.4) is 0 Å². The number of furan rings is 1. The molecule has 1 unspecified atom stereocenters. The van der Waals surface area contributed by atoms with E-state index in [-0.39, 0.29) is 5.25 Å². The molecule has 0 N–H and O–H groups in total. The van der Waals surface area contributed by atoms with Gasteiger partial charge in [0.05, 0.1) is 24.2 Å². The van der Waals surface area contributed by atoms with Crippen LogP contribution in [0.15, 0.2) is 53.3 Å². The number of fused-ring (bicyclic) bond motifs is 1. The van der Waals surface area contributed by atoms with Crippen molar-refractivity contribution in [2.45, 2.75) is 30.9 Å². The second kappa shape index (κ2) is 6.50. The van der Waals surface area contributed by atoms with Gasteiger partial charge in [0.2, 0.25) is 0 Å². The molecule has 0 aliphatic rings. The van der Waals surface area contributed by atoms with Crippen molar-refractivity contribution in [1.29, 1.82) is 5.26 Å². The average Bonchev–Trinajstić information content (AvgIpc) is 3.05. The Bertz CT molecular complexity index is 904. The zero-order valence-electron chi connectivity index (χ0n) is 14.2. The summed E-state index contributed by atoms with van der Waals surface area (Å²) in [4.78, 5) is 0. The molecule has 2 nitrogen and oxygen atoms in total. The fraction of sp³-hybridized carbons (Fsp3) is 0.250. The quantitative estimate of drug-likeness (QED) is 0.443. The minimum Gasteiger partial charge on any atom is -0.472 e. The summed E-state index contributed by atoms with van der Waals surface area (Å²) >= 11 is 4.83. The van der Waals surface area contributed by atoms with Gasteiger partial charge in [-0.2, -0.15) is 17.9 Å². The molecule has 3 aromatic rings. The molecule has 0 saturated carbocycles. The zero-order chi connectivity index (χ0) is 17.3. The molecule has 0 bridgehead atoms. The number of nitrogens with zero attached hydrogens (tertiary/aromatic N) is 1. The van der Waals surface area contributed by atoms with Gasteiger partial charge in [0, 0.05) is 18.9 Å². The topological polar surface area (TPSA) is 36.9 Å². The van der Waals surface area contributed by atoms with Crippen LogP contribution in [-0.4, -0.2) is 8.07 Å². The van der Waals surface area contributed by atoms with Crippen LogP contribution in [0.5, 0.6) is 0 Å². The molecule has 2 aromatic carbocycles. The van der Waals surface area contributed by atoms with Crippen LogP contribution in [0.4, 0.5) is 0 Å². The first-order chi connectivity index (χ1) is 11.4. The first-order valence-corrected chi connectivity index (χ1v) is 12.3. The van der Waals surface area contributed by atoms with Gasteiger partial charge in [-0.3, -0.25) is 0 Å². The summed E-state index contributed by atoms with van der Waals surface area (Å²) < 4.78 is 5.22. The van der Waals surface area contributed by atoms with E-state index >= 15 is 0 Å². The third kappa shape index (κ3) is 3.58. The Kier molecular flexibility index (Phi) is 4.57. The summed E-state index contributed by atoms with van der Waals surface area (Å²) in [6.07, 6.45) is 3.38. The van der Waals surface area contributed by atoms with Crippen LogP contribution in [0.25, 0.3) is 21.9 Å². The van der Waals surface area contributed by atoms with Crippen LogP contribution < -0.4 is 0 Å². The Morgan fingerprint density at radius 2 is 1.96 bits per heavy atom. The van der Waals surface area contributed by atoms with Gasteiger partial charge in [-0.15, -0.1) is 0 Å². The molecule has 0 aliphatic carbocycles. The number of rotatable bonds is 4.